The Morgan fingerprint density at radius 1 is 1.24 bits per heavy atom. The lowest BCUT2D eigenvalue weighted by Gasteiger charge is -2.30. The summed E-state index contributed by atoms with van der Waals surface area (Å²) in [6.07, 6.45) is 3.62. The normalized spacial score (nSPS) is 23.8. The molecule has 0 radical (unpaired) electrons. The van der Waals surface area contributed by atoms with E-state index in [1.165, 1.54) is 35.5 Å². The van der Waals surface area contributed by atoms with E-state index < -0.39 is 0 Å². The highest BCUT2D eigenvalue weighted by atomic mass is 32.2. The molecule has 1 atom stereocenters. The zero-order valence-electron chi connectivity index (χ0n) is 12.7. The second-order valence-electron chi connectivity index (χ2n) is 5.98. The van der Waals surface area contributed by atoms with E-state index in [2.05, 4.69) is 41.4 Å². The van der Waals surface area contributed by atoms with Gasteiger partial charge in [0.2, 0.25) is 5.91 Å². The van der Waals surface area contributed by atoms with Gasteiger partial charge in [-0.15, -0.1) is 0 Å². The van der Waals surface area contributed by atoms with Gasteiger partial charge in [-0.25, -0.2) is 0 Å². The summed E-state index contributed by atoms with van der Waals surface area (Å²) in [7, 11) is 0. The molecule has 2 saturated heterocycles. The minimum atomic E-state index is 0.0676. The highest BCUT2D eigenvalue weighted by Crippen LogP contribution is 2.29. The maximum Gasteiger partial charge on any atom is 0.238 e. The Balaban J connectivity index is 1.71. The Bertz CT molecular complexity index is 482. The molecule has 2 aliphatic rings. The summed E-state index contributed by atoms with van der Waals surface area (Å²) in [5.41, 5.74) is 2.56. The van der Waals surface area contributed by atoms with Crippen molar-refractivity contribution in [2.45, 2.75) is 32.4 Å². The van der Waals surface area contributed by atoms with Gasteiger partial charge in [0.05, 0.1) is 6.54 Å². The number of benzene rings is 1. The van der Waals surface area contributed by atoms with Gasteiger partial charge in [-0.05, 0) is 47.8 Å². The molecule has 1 aromatic carbocycles. The van der Waals surface area contributed by atoms with Gasteiger partial charge < -0.3 is 4.90 Å². The molecule has 1 N–H and O–H groups in total. The molecule has 1 unspecified atom stereocenters. The van der Waals surface area contributed by atoms with Crippen LogP contribution in [0.1, 0.15) is 37.1 Å². The highest BCUT2D eigenvalue weighted by molar-refractivity contribution is 7.99. The fourth-order valence-electron chi connectivity index (χ4n) is 3.19. The number of amides is 1. The van der Waals surface area contributed by atoms with Crippen molar-refractivity contribution in [3.8, 4) is 0 Å². The monoisotopic (exact) mass is 304 g/mol. The molecule has 2 aliphatic heterocycles. The smallest absolute Gasteiger partial charge is 0.238 e. The molecule has 0 aliphatic carbocycles. The second-order valence-corrected chi connectivity index (χ2v) is 7.21. The van der Waals surface area contributed by atoms with Gasteiger partial charge >= 0.3 is 0 Å². The quantitative estimate of drug-likeness (QED) is 0.928. The van der Waals surface area contributed by atoms with E-state index in [1.807, 2.05) is 11.8 Å². The van der Waals surface area contributed by atoms with Crippen LogP contribution in [0.15, 0.2) is 24.3 Å². The fraction of sp³-hybridized carbons (Fsp3) is 0.588. The molecule has 2 fully saturated rings. The van der Waals surface area contributed by atoms with E-state index >= 15 is 0 Å². The lowest BCUT2D eigenvalue weighted by Crippen LogP contribution is -2.35. The fourth-order valence-corrected chi connectivity index (χ4v) is 4.39. The average molecular weight is 304 g/mol. The largest absolute Gasteiger partial charge is 0.322 e. The van der Waals surface area contributed by atoms with Gasteiger partial charge in [-0.1, -0.05) is 31.2 Å². The van der Waals surface area contributed by atoms with Gasteiger partial charge in [0, 0.05) is 6.54 Å². The zero-order chi connectivity index (χ0) is 14.7. The SMILES string of the molecule is CCc1ccc(C2NCC(=O)N2CC2CCSCC2)cc1. The molecule has 1 aromatic rings. The predicted octanol–water partition coefficient (Wildman–Crippen LogP) is 2.82. The van der Waals surface area contributed by atoms with Crippen LogP contribution in [0.3, 0.4) is 0 Å². The molecule has 2 heterocycles. The van der Waals surface area contributed by atoms with Crippen LogP contribution in [0.4, 0.5) is 0 Å². The Morgan fingerprint density at radius 3 is 2.62 bits per heavy atom. The first-order valence-corrected chi connectivity index (χ1v) is 9.13. The second kappa shape index (κ2) is 6.84. The van der Waals surface area contributed by atoms with Crippen LogP contribution < -0.4 is 5.32 Å². The molecule has 114 valence electrons. The van der Waals surface area contributed by atoms with Crippen molar-refractivity contribution < 1.29 is 4.79 Å². The molecular weight excluding hydrogens is 280 g/mol. The third-order valence-electron chi connectivity index (χ3n) is 4.58. The third-order valence-corrected chi connectivity index (χ3v) is 5.63. The summed E-state index contributed by atoms with van der Waals surface area (Å²) in [6.45, 7) is 3.55. The van der Waals surface area contributed by atoms with Crippen LogP contribution in [-0.2, 0) is 11.2 Å². The van der Waals surface area contributed by atoms with Crippen molar-refractivity contribution >= 4 is 17.7 Å². The van der Waals surface area contributed by atoms with E-state index in [9.17, 15) is 4.79 Å². The number of nitrogens with zero attached hydrogens (tertiary/aromatic N) is 1. The molecule has 21 heavy (non-hydrogen) atoms. The maximum atomic E-state index is 12.2. The highest BCUT2D eigenvalue weighted by Gasteiger charge is 2.33. The van der Waals surface area contributed by atoms with Gasteiger partial charge in [0.15, 0.2) is 0 Å². The van der Waals surface area contributed by atoms with Gasteiger partial charge in [0.25, 0.3) is 0 Å². The Hall–Kier alpha value is -1.00. The number of rotatable bonds is 4. The first-order chi connectivity index (χ1) is 10.3. The number of carbonyl (C=O) groups excluding carboxylic acids is 1. The van der Waals surface area contributed by atoms with Crippen molar-refractivity contribution in [3.63, 3.8) is 0 Å². The van der Waals surface area contributed by atoms with Crippen molar-refractivity contribution in [1.82, 2.24) is 10.2 Å². The summed E-state index contributed by atoms with van der Waals surface area (Å²) in [6, 6.07) is 8.68. The molecule has 3 rings (SSSR count). The Morgan fingerprint density at radius 2 is 1.95 bits per heavy atom. The number of hydrogen-bond acceptors (Lipinski definition) is 3. The lowest BCUT2D eigenvalue weighted by molar-refractivity contribution is -0.128. The summed E-state index contributed by atoms with van der Waals surface area (Å²) in [5.74, 6) is 3.41. The van der Waals surface area contributed by atoms with Crippen LogP contribution in [0.5, 0.6) is 0 Å². The van der Waals surface area contributed by atoms with E-state index in [4.69, 9.17) is 0 Å². The van der Waals surface area contributed by atoms with Crippen LogP contribution in [0.2, 0.25) is 0 Å². The van der Waals surface area contributed by atoms with Crippen molar-refractivity contribution in [2.75, 3.05) is 24.6 Å². The molecule has 1 amide bonds. The minimum absolute atomic E-state index is 0.0676. The van der Waals surface area contributed by atoms with E-state index in [1.54, 1.807) is 0 Å². The van der Waals surface area contributed by atoms with Crippen LogP contribution in [-0.4, -0.2) is 35.4 Å². The maximum absolute atomic E-state index is 12.2. The number of hydrogen-bond donors (Lipinski definition) is 1. The minimum Gasteiger partial charge on any atom is -0.322 e. The number of aryl methyl sites for hydroxylation is 1. The van der Waals surface area contributed by atoms with Gasteiger partial charge in [-0.3, -0.25) is 10.1 Å². The molecule has 0 bridgehead atoms. The number of nitrogens with one attached hydrogen (secondary N) is 1. The number of thioether (sulfide) groups is 1. The van der Waals surface area contributed by atoms with Gasteiger partial charge in [-0.2, -0.15) is 11.8 Å². The first kappa shape index (κ1) is 14.9. The van der Waals surface area contributed by atoms with E-state index in [0.29, 0.717) is 12.5 Å². The van der Waals surface area contributed by atoms with Crippen LogP contribution in [0.25, 0.3) is 0 Å². The predicted molar refractivity (Wildman–Crippen MR) is 88.3 cm³/mol. The Labute approximate surface area is 131 Å². The molecule has 3 nitrogen and oxygen atoms in total. The Kier molecular flexibility index (Phi) is 4.86. The molecule has 0 spiro atoms. The summed E-state index contributed by atoms with van der Waals surface area (Å²) in [4.78, 5) is 14.3. The van der Waals surface area contributed by atoms with Crippen LogP contribution >= 0.6 is 11.8 Å². The zero-order valence-corrected chi connectivity index (χ0v) is 13.5. The van der Waals surface area contributed by atoms with E-state index in [0.717, 1.165) is 13.0 Å². The number of carbonyl (C=O) groups is 1. The standard InChI is InChI=1S/C17H24N2OS/c1-2-13-3-5-15(6-4-13)17-18-11-16(20)19(17)12-14-7-9-21-10-8-14/h3-6,14,17-18H,2,7-12H2,1H3. The molecule has 0 saturated carbocycles. The van der Waals surface area contributed by atoms with Crippen molar-refractivity contribution in [3.05, 3.63) is 35.4 Å². The van der Waals surface area contributed by atoms with E-state index in [-0.39, 0.29) is 12.1 Å². The van der Waals surface area contributed by atoms with Crippen LogP contribution in [0, 0.1) is 5.92 Å². The van der Waals surface area contributed by atoms with Gasteiger partial charge in [0.1, 0.15) is 6.17 Å². The summed E-state index contributed by atoms with van der Waals surface area (Å²) < 4.78 is 0. The topological polar surface area (TPSA) is 32.3 Å². The first-order valence-electron chi connectivity index (χ1n) is 7.97. The van der Waals surface area contributed by atoms with Crippen molar-refractivity contribution in [1.29, 1.82) is 0 Å². The molecule has 0 aromatic heterocycles. The molecular formula is C17H24N2OS. The average Bonchev–Trinajstić information content (AvgIpc) is 2.90. The molecule has 4 heteroatoms. The lowest BCUT2D eigenvalue weighted by atomic mass is 10.0. The third kappa shape index (κ3) is 3.43. The summed E-state index contributed by atoms with van der Waals surface area (Å²) in [5, 5.41) is 3.37. The summed E-state index contributed by atoms with van der Waals surface area (Å²) >= 11 is 2.04. The van der Waals surface area contributed by atoms with Crippen molar-refractivity contribution in [2.24, 2.45) is 5.92 Å².